The summed E-state index contributed by atoms with van der Waals surface area (Å²) in [5.74, 6) is -1.00. The number of hydrogen-bond donors (Lipinski definition) is 1. The summed E-state index contributed by atoms with van der Waals surface area (Å²) >= 11 is 6.69. The summed E-state index contributed by atoms with van der Waals surface area (Å²) in [6.07, 6.45) is 0. The number of benzene rings is 2. The Hall–Kier alpha value is -1.20. The first-order valence-electron chi connectivity index (χ1n) is 5.45. The fraction of sp³-hybridized carbons (Fsp3) is 0.0714. The lowest BCUT2D eigenvalue weighted by molar-refractivity contribution is 0.103. The smallest absolute Gasteiger partial charge is 0.197 e. The zero-order valence-electron chi connectivity index (χ0n) is 10.0. The van der Waals surface area contributed by atoms with E-state index in [1.54, 1.807) is 6.07 Å². The van der Waals surface area contributed by atoms with Crippen molar-refractivity contribution in [2.24, 2.45) is 0 Å². The Bertz CT molecular complexity index is 671. The molecule has 2 N–H and O–H groups in total. The first-order valence-corrected chi connectivity index (χ1v) is 7.04. The SMILES string of the molecule is Cc1cc(Br)c(C(=O)c2ccc(N)cc2F)cc1Br. The summed E-state index contributed by atoms with van der Waals surface area (Å²) < 4.78 is 15.2. The van der Waals surface area contributed by atoms with Gasteiger partial charge in [-0.25, -0.2) is 4.39 Å². The third-order valence-electron chi connectivity index (χ3n) is 2.73. The van der Waals surface area contributed by atoms with E-state index in [0.29, 0.717) is 15.7 Å². The number of carbonyl (C=O) groups excluding carboxylic acids is 1. The minimum absolute atomic E-state index is 0.00523. The van der Waals surface area contributed by atoms with Gasteiger partial charge in [0.25, 0.3) is 0 Å². The van der Waals surface area contributed by atoms with Crippen molar-refractivity contribution < 1.29 is 9.18 Å². The van der Waals surface area contributed by atoms with Gasteiger partial charge >= 0.3 is 0 Å². The van der Waals surface area contributed by atoms with Gasteiger partial charge in [-0.1, -0.05) is 31.9 Å². The Morgan fingerprint density at radius 1 is 1.11 bits per heavy atom. The van der Waals surface area contributed by atoms with Crippen molar-refractivity contribution in [3.8, 4) is 0 Å². The molecule has 0 fully saturated rings. The monoisotopic (exact) mass is 385 g/mol. The van der Waals surface area contributed by atoms with Crippen LogP contribution in [0.3, 0.4) is 0 Å². The van der Waals surface area contributed by atoms with E-state index < -0.39 is 5.82 Å². The summed E-state index contributed by atoms with van der Waals surface area (Å²) in [5.41, 5.74) is 7.16. The van der Waals surface area contributed by atoms with E-state index in [-0.39, 0.29) is 11.3 Å². The second-order valence-corrected chi connectivity index (χ2v) is 5.86. The lowest BCUT2D eigenvalue weighted by Gasteiger charge is -2.08. The molecule has 2 aromatic rings. The molecule has 0 saturated carbocycles. The van der Waals surface area contributed by atoms with Crippen LogP contribution in [0.15, 0.2) is 39.3 Å². The van der Waals surface area contributed by atoms with Crippen molar-refractivity contribution in [2.45, 2.75) is 6.92 Å². The molecule has 0 amide bonds. The second-order valence-electron chi connectivity index (χ2n) is 4.15. The minimum Gasteiger partial charge on any atom is -0.399 e. The van der Waals surface area contributed by atoms with Gasteiger partial charge in [-0.2, -0.15) is 0 Å². The van der Waals surface area contributed by atoms with E-state index >= 15 is 0 Å². The molecule has 2 aromatic carbocycles. The average molecular weight is 387 g/mol. The molecule has 0 radical (unpaired) electrons. The van der Waals surface area contributed by atoms with E-state index in [1.165, 1.54) is 12.1 Å². The zero-order valence-corrected chi connectivity index (χ0v) is 13.2. The maximum absolute atomic E-state index is 13.8. The lowest BCUT2D eigenvalue weighted by Crippen LogP contribution is -2.06. The third-order valence-corrected chi connectivity index (χ3v) is 4.24. The molecule has 2 rings (SSSR count). The number of nitrogens with two attached hydrogens (primary N) is 1. The van der Waals surface area contributed by atoms with Crippen LogP contribution >= 0.6 is 31.9 Å². The van der Waals surface area contributed by atoms with Gasteiger partial charge in [-0.3, -0.25) is 4.79 Å². The maximum Gasteiger partial charge on any atom is 0.197 e. The van der Waals surface area contributed by atoms with Crippen molar-refractivity contribution in [1.82, 2.24) is 0 Å². The lowest BCUT2D eigenvalue weighted by atomic mass is 10.0. The molecule has 0 aliphatic heterocycles. The molecule has 0 aromatic heterocycles. The molecule has 0 aliphatic rings. The normalized spacial score (nSPS) is 10.5. The van der Waals surface area contributed by atoms with Gasteiger partial charge in [0.2, 0.25) is 0 Å². The van der Waals surface area contributed by atoms with Crippen LogP contribution in [0.4, 0.5) is 10.1 Å². The number of nitrogen functional groups attached to an aromatic ring is 1. The molecule has 0 bridgehead atoms. The molecular formula is C14H10Br2FNO. The third kappa shape index (κ3) is 2.87. The van der Waals surface area contributed by atoms with Crippen LogP contribution in [0.5, 0.6) is 0 Å². The summed E-state index contributed by atoms with van der Waals surface area (Å²) in [5, 5.41) is 0. The second kappa shape index (κ2) is 5.43. The summed E-state index contributed by atoms with van der Waals surface area (Å²) in [6.45, 7) is 1.91. The minimum atomic E-state index is -0.617. The van der Waals surface area contributed by atoms with E-state index in [0.717, 1.165) is 16.1 Å². The van der Waals surface area contributed by atoms with Gasteiger partial charge in [-0.05, 0) is 42.8 Å². The van der Waals surface area contributed by atoms with Gasteiger partial charge in [0.1, 0.15) is 5.82 Å². The van der Waals surface area contributed by atoms with Crippen molar-refractivity contribution in [3.63, 3.8) is 0 Å². The van der Waals surface area contributed by atoms with Crippen LogP contribution in [0.1, 0.15) is 21.5 Å². The van der Waals surface area contributed by atoms with Crippen LogP contribution in [0, 0.1) is 12.7 Å². The molecule has 0 aliphatic carbocycles. The first kappa shape index (κ1) is 14.2. The number of rotatable bonds is 2. The molecular weight excluding hydrogens is 377 g/mol. The molecule has 0 heterocycles. The summed E-state index contributed by atoms with van der Waals surface area (Å²) in [7, 11) is 0. The Balaban J connectivity index is 2.53. The molecule has 0 saturated heterocycles. The predicted octanol–water partition coefficient (Wildman–Crippen LogP) is 4.47. The van der Waals surface area contributed by atoms with Gasteiger partial charge in [-0.15, -0.1) is 0 Å². The Labute approximate surface area is 127 Å². The highest BCUT2D eigenvalue weighted by Crippen LogP contribution is 2.28. The van der Waals surface area contributed by atoms with E-state index in [4.69, 9.17) is 5.73 Å². The number of hydrogen-bond acceptors (Lipinski definition) is 2. The van der Waals surface area contributed by atoms with Gasteiger partial charge in [0.15, 0.2) is 5.78 Å². The van der Waals surface area contributed by atoms with Crippen molar-refractivity contribution in [1.29, 1.82) is 0 Å². The number of anilines is 1. The fourth-order valence-corrected chi connectivity index (χ4v) is 2.66. The van der Waals surface area contributed by atoms with Crippen LogP contribution in [-0.2, 0) is 0 Å². The van der Waals surface area contributed by atoms with Gasteiger partial charge in [0.05, 0.1) is 5.56 Å². The number of halogens is 3. The molecule has 98 valence electrons. The molecule has 19 heavy (non-hydrogen) atoms. The quantitative estimate of drug-likeness (QED) is 0.611. The highest BCUT2D eigenvalue weighted by atomic mass is 79.9. The van der Waals surface area contributed by atoms with Crippen LogP contribution in [0.2, 0.25) is 0 Å². The standard InChI is InChI=1S/C14H10Br2FNO/c1-7-4-12(16)10(6-11(7)15)14(19)9-3-2-8(18)5-13(9)17/h2-6H,18H2,1H3. The van der Waals surface area contributed by atoms with Gasteiger partial charge < -0.3 is 5.73 Å². The highest BCUT2D eigenvalue weighted by molar-refractivity contribution is 9.11. The molecule has 2 nitrogen and oxygen atoms in total. The summed E-state index contributed by atoms with van der Waals surface area (Å²) in [6, 6.07) is 7.54. The summed E-state index contributed by atoms with van der Waals surface area (Å²) in [4.78, 5) is 12.3. The average Bonchev–Trinajstić information content (AvgIpc) is 2.33. The number of aryl methyl sites for hydroxylation is 1. The van der Waals surface area contributed by atoms with Crippen molar-refractivity contribution in [2.75, 3.05) is 5.73 Å². The maximum atomic E-state index is 13.8. The Kier molecular flexibility index (Phi) is 4.06. The van der Waals surface area contributed by atoms with Crippen LogP contribution < -0.4 is 5.73 Å². The zero-order chi connectivity index (χ0) is 14.2. The Morgan fingerprint density at radius 2 is 1.79 bits per heavy atom. The van der Waals surface area contributed by atoms with Crippen LogP contribution in [0.25, 0.3) is 0 Å². The largest absolute Gasteiger partial charge is 0.399 e. The van der Waals surface area contributed by atoms with Crippen molar-refractivity contribution >= 4 is 43.3 Å². The number of ketones is 1. The molecule has 5 heteroatoms. The predicted molar refractivity (Wildman–Crippen MR) is 80.8 cm³/mol. The molecule has 0 atom stereocenters. The Morgan fingerprint density at radius 3 is 2.42 bits per heavy atom. The highest BCUT2D eigenvalue weighted by Gasteiger charge is 2.17. The van der Waals surface area contributed by atoms with E-state index in [2.05, 4.69) is 31.9 Å². The molecule has 0 spiro atoms. The fourth-order valence-electron chi connectivity index (χ4n) is 1.68. The van der Waals surface area contributed by atoms with E-state index in [9.17, 15) is 9.18 Å². The first-order chi connectivity index (χ1) is 8.90. The topological polar surface area (TPSA) is 43.1 Å². The van der Waals surface area contributed by atoms with E-state index in [1.807, 2.05) is 13.0 Å². The van der Waals surface area contributed by atoms with Crippen molar-refractivity contribution in [3.05, 3.63) is 61.8 Å². The number of carbonyl (C=O) groups is 1. The van der Waals surface area contributed by atoms with Gasteiger partial charge in [0, 0.05) is 20.2 Å². The molecule has 0 unspecified atom stereocenters. The van der Waals surface area contributed by atoms with Crippen LogP contribution in [-0.4, -0.2) is 5.78 Å².